The summed E-state index contributed by atoms with van der Waals surface area (Å²) in [5.74, 6) is -0.985. The minimum absolute atomic E-state index is 0.0724. The molecule has 0 atom stereocenters. The molecule has 0 aliphatic carbocycles. The summed E-state index contributed by atoms with van der Waals surface area (Å²) in [6.07, 6.45) is 0.678. The second-order valence-corrected chi connectivity index (χ2v) is 6.27. The van der Waals surface area contributed by atoms with Crippen LogP contribution in [0.4, 0.5) is 11.4 Å². The number of anilines is 1. The predicted molar refractivity (Wildman–Crippen MR) is 110 cm³/mol. The third-order valence-corrected chi connectivity index (χ3v) is 4.31. The molecule has 2 N–H and O–H groups in total. The molecule has 0 spiro atoms. The van der Waals surface area contributed by atoms with Gasteiger partial charge in [0.25, 0.3) is 17.5 Å². The number of hydrogen-bond donors (Lipinski definition) is 2. The molecule has 0 saturated heterocycles. The number of nitrogens with one attached hydrogen (secondary N) is 2. The van der Waals surface area contributed by atoms with Crippen molar-refractivity contribution in [3.05, 3.63) is 106 Å². The maximum atomic E-state index is 12.6. The highest BCUT2D eigenvalue weighted by molar-refractivity contribution is 6.10. The zero-order valence-electron chi connectivity index (χ0n) is 15.5. The summed E-state index contributed by atoms with van der Waals surface area (Å²) in [5, 5.41) is 16.6. The monoisotopic (exact) mass is 389 g/mol. The van der Waals surface area contributed by atoms with Crippen molar-refractivity contribution in [2.24, 2.45) is 0 Å². The molecule has 3 aromatic rings. The molecule has 0 aliphatic rings. The summed E-state index contributed by atoms with van der Waals surface area (Å²) >= 11 is 0. The molecule has 0 aliphatic heterocycles. The van der Waals surface area contributed by atoms with Gasteiger partial charge in [-0.3, -0.25) is 19.7 Å². The van der Waals surface area contributed by atoms with Crippen LogP contribution in [0, 0.1) is 10.1 Å². The predicted octanol–water partition coefficient (Wildman–Crippen LogP) is 3.82. The van der Waals surface area contributed by atoms with E-state index in [-0.39, 0.29) is 28.4 Å². The van der Waals surface area contributed by atoms with E-state index in [9.17, 15) is 19.7 Å². The standard InChI is InChI=1S/C22H19N3O4/c26-21(23-15-14-16-8-2-1-3-9-16)17-10-4-6-12-19(17)24-22(27)18-11-5-7-13-20(18)25(28)29/h1-13H,14-15H2,(H,23,26)(H,24,27). The fourth-order valence-electron chi connectivity index (χ4n) is 2.86. The lowest BCUT2D eigenvalue weighted by molar-refractivity contribution is -0.385. The first-order chi connectivity index (χ1) is 14.1. The lowest BCUT2D eigenvalue weighted by Crippen LogP contribution is -2.27. The smallest absolute Gasteiger partial charge is 0.282 e. The van der Waals surface area contributed by atoms with Gasteiger partial charge in [-0.25, -0.2) is 0 Å². The summed E-state index contributed by atoms with van der Waals surface area (Å²) in [6, 6.07) is 22.0. The van der Waals surface area contributed by atoms with E-state index in [1.54, 1.807) is 30.3 Å². The summed E-state index contributed by atoms with van der Waals surface area (Å²) < 4.78 is 0. The highest BCUT2D eigenvalue weighted by Crippen LogP contribution is 2.21. The van der Waals surface area contributed by atoms with Gasteiger partial charge in [-0.2, -0.15) is 0 Å². The molecule has 0 heterocycles. The van der Waals surface area contributed by atoms with Gasteiger partial charge in [0.1, 0.15) is 5.56 Å². The molecule has 146 valence electrons. The van der Waals surface area contributed by atoms with Crippen molar-refractivity contribution < 1.29 is 14.5 Å². The molecule has 3 aromatic carbocycles. The largest absolute Gasteiger partial charge is 0.352 e. The highest BCUT2D eigenvalue weighted by Gasteiger charge is 2.21. The lowest BCUT2D eigenvalue weighted by Gasteiger charge is -2.12. The van der Waals surface area contributed by atoms with E-state index in [4.69, 9.17) is 0 Å². The van der Waals surface area contributed by atoms with Gasteiger partial charge in [-0.1, -0.05) is 54.6 Å². The first kappa shape index (κ1) is 19.8. The number of amides is 2. The fourth-order valence-corrected chi connectivity index (χ4v) is 2.86. The zero-order chi connectivity index (χ0) is 20.6. The third-order valence-electron chi connectivity index (χ3n) is 4.31. The van der Waals surface area contributed by atoms with Crippen LogP contribution >= 0.6 is 0 Å². The van der Waals surface area contributed by atoms with E-state index in [0.717, 1.165) is 5.56 Å². The molecule has 0 saturated carbocycles. The van der Waals surface area contributed by atoms with E-state index >= 15 is 0 Å². The van der Waals surface area contributed by atoms with E-state index in [1.165, 1.54) is 18.2 Å². The Bertz CT molecular complexity index is 1030. The van der Waals surface area contributed by atoms with E-state index in [0.29, 0.717) is 13.0 Å². The molecule has 0 fully saturated rings. The quantitative estimate of drug-likeness (QED) is 0.474. The van der Waals surface area contributed by atoms with Crippen LogP contribution in [0.25, 0.3) is 0 Å². The summed E-state index contributed by atoms with van der Waals surface area (Å²) in [6.45, 7) is 0.440. The molecule has 2 amide bonds. The van der Waals surface area contributed by atoms with Crippen LogP contribution < -0.4 is 10.6 Å². The van der Waals surface area contributed by atoms with Crippen LogP contribution in [0.5, 0.6) is 0 Å². The maximum absolute atomic E-state index is 12.6. The lowest BCUT2D eigenvalue weighted by atomic mass is 10.1. The number of nitrogens with zero attached hydrogens (tertiary/aromatic N) is 1. The van der Waals surface area contributed by atoms with Crippen LogP contribution in [-0.2, 0) is 6.42 Å². The topological polar surface area (TPSA) is 101 Å². The second-order valence-electron chi connectivity index (χ2n) is 6.27. The molecular weight excluding hydrogens is 370 g/mol. The van der Waals surface area contributed by atoms with Gasteiger partial charge in [0.05, 0.1) is 16.2 Å². The second kappa shape index (κ2) is 9.27. The number of benzene rings is 3. The number of carbonyl (C=O) groups excluding carboxylic acids is 2. The van der Waals surface area contributed by atoms with Crippen molar-refractivity contribution in [1.29, 1.82) is 0 Å². The van der Waals surface area contributed by atoms with Crippen molar-refractivity contribution in [1.82, 2.24) is 5.32 Å². The first-order valence-electron chi connectivity index (χ1n) is 9.02. The molecule has 7 nitrogen and oxygen atoms in total. The van der Waals surface area contributed by atoms with E-state index < -0.39 is 10.8 Å². The SMILES string of the molecule is O=C(NCCc1ccccc1)c1ccccc1NC(=O)c1ccccc1[N+](=O)[O-]. The minimum Gasteiger partial charge on any atom is -0.352 e. The van der Waals surface area contributed by atoms with Crippen molar-refractivity contribution in [2.45, 2.75) is 6.42 Å². The molecule has 29 heavy (non-hydrogen) atoms. The molecule has 0 aromatic heterocycles. The van der Waals surface area contributed by atoms with Gasteiger partial charge in [0, 0.05) is 12.6 Å². The molecule has 0 radical (unpaired) electrons. The fraction of sp³-hybridized carbons (Fsp3) is 0.0909. The number of carbonyl (C=O) groups is 2. The Morgan fingerprint density at radius 1 is 0.793 bits per heavy atom. The van der Waals surface area contributed by atoms with E-state index in [2.05, 4.69) is 10.6 Å². The average Bonchev–Trinajstić information content (AvgIpc) is 2.74. The van der Waals surface area contributed by atoms with Gasteiger partial charge in [0.15, 0.2) is 0 Å². The van der Waals surface area contributed by atoms with Crippen LogP contribution in [0.3, 0.4) is 0 Å². The highest BCUT2D eigenvalue weighted by atomic mass is 16.6. The molecule has 7 heteroatoms. The van der Waals surface area contributed by atoms with Gasteiger partial charge in [-0.05, 0) is 30.2 Å². The molecule has 3 rings (SSSR count). The third kappa shape index (κ3) is 5.04. The number of hydrogen-bond acceptors (Lipinski definition) is 4. The summed E-state index contributed by atoms with van der Waals surface area (Å²) in [4.78, 5) is 35.7. The molecule has 0 unspecified atom stereocenters. The zero-order valence-corrected chi connectivity index (χ0v) is 15.5. The Morgan fingerprint density at radius 3 is 2.14 bits per heavy atom. The minimum atomic E-state index is -0.651. The maximum Gasteiger partial charge on any atom is 0.282 e. The van der Waals surface area contributed by atoms with Crippen LogP contribution in [0.2, 0.25) is 0 Å². The normalized spacial score (nSPS) is 10.2. The Kier molecular flexibility index (Phi) is 6.32. The summed E-state index contributed by atoms with van der Waals surface area (Å²) in [5.41, 5.74) is 1.30. The Labute approximate surface area is 167 Å². The van der Waals surface area contributed by atoms with Crippen LogP contribution in [0.1, 0.15) is 26.3 Å². The van der Waals surface area contributed by atoms with Gasteiger partial charge in [-0.15, -0.1) is 0 Å². The molecule has 0 bridgehead atoms. The number of rotatable bonds is 7. The summed E-state index contributed by atoms with van der Waals surface area (Å²) in [7, 11) is 0. The van der Waals surface area contributed by atoms with Crippen molar-refractivity contribution in [2.75, 3.05) is 11.9 Å². The number of nitro benzene ring substituents is 1. The van der Waals surface area contributed by atoms with Crippen LogP contribution in [0.15, 0.2) is 78.9 Å². The van der Waals surface area contributed by atoms with Gasteiger partial charge >= 0.3 is 0 Å². The van der Waals surface area contributed by atoms with Crippen molar-refractivity contribution in [3.63, 3.8) is 0 Å². The van der Waals surface area contributed by atoms with Crippen molar-refractivity contribution >= 4 is 23.2 Å². The van der Waals surface area contributed by atoms with Gasteiger partial charge < -0.3 is 10.6 Å². The van der Waals surface area contributed by atoms with E-state index in [1.807, 2.05) is 30.3 Å². The Morgan fingerprint density at radius 2 is 1.41 bits per heavy atom. The number of nitro groups is 1. The van der Waals surface area contributed by atoms with Crippen LogP contribution in [-0.4, -0.2) is 23.3 Å². The Hall–Kier alpha value is -4.00. The average molecular weight is 389 g/mol. The first-order valence-corrected chi connectivity index (χ1v) is 9.02. The van der Waals surface area contributed by atoms with Gasteiger partial charge in [0.2, 0.25) is 0 Å². The van der Waals surface area contributed by atoms with Crippen molar-refractivity contribution in [3.8, 4) is 0 Å². The number of para-hydroxylation sites is 2. The molecular formula is C22H19N3O4. The Balaban J connectivity index is 1.71.